The van der Waals surface area contributed by atoms with Crippen molar-refractivity contribution in [2.24, 2.45) is 5.10 Å². The summed E-state index contributed by atoms with van der Waals surface area (Å²) in [5, 5.41) is 8.16. The molecule has 2 aliphatic heterocycles. The monoisotopic (exact) mass is 295 g/mol. The first-order valence-corrected chi connectivity index (χ1v) is 7.52. The predicted octanol–water partition coefficient (Wildman–Crippen LogP) is 2.80. The van der Waals surface area contributed by atoms with Crippen LogP contribution in [0.25, 0.3) is 0 Å². The van der Waals surface area contributed by atoms with Crippen LogP contribution in [0.4, 0.5) is 5.69 Å². The Labute approximate surface area is 126 Å². The van der Waals surface area contributed by atoms with Crippen molar-refractivity contribution in [1.82, 2.24) is 5.43 Å². The summed E-state index contributed by atoms with van der Waals surface area (Å²) >= 11 is 1.46. The lowest BCUT2D eigenvalue weighted by Crippen LogP contribution is -2.39. The Balaban J connectivity index is 1.76. The van der Waals surface area contributed by atoms with Gasteiger partial charge in [-0.2, -0.15) is 5.10 Å². The van der Waals surface area contributed by atoms with Crippen molar-refractivity contribution in [3.8, 4) is 0 Å². The van der Waals surface area contributed by atoms with E-state index in [1.165, 1.54) is 11.8 Å². The number of aryl methyl sites for hydroxylation is 1. The molecule has 2 heterocycles. The molecule has 1 unspecified atom stereocenters. The Morgan fingerprint density at radius 2 is 1.95 bits per heavy atom. The van der Waals surface area contributed by atoms with Crippen molar-refractivity contribution in [2.75, 3.05) is 5.32 Å². The van der Waals surface area contributed by atoms with E-state index in [0.717, 1.165) is 27.4 Å². The molecule has 0 bridgehead atoms. The van der Waals surface area contributed by atoms with Crippen molar-refractivity contribution in [3.05, 3.63) is 65.2 Å². The molecule has 2 N–H and O–H groups in total. The first-order chi connectivity index (χ1) is 10.2. The van der Waals surface area contributed by atoms with E-state index in [1.807, 2.05) is 55.5 Å². The van der Waals surface area contributed by atoms with Gasteiger partial charge in [-0.05, 0) is 13.0 Å². The third kappa shape index (κ3) is 1.77. The summed E-state index contributed by atoms with van der Waals surface area (Å²) in [6.07, 6.45) is 0. The van der Waals surface area contributed by atoms with Crippen LogP contribution in [-0.2, 0) is 9.67 Å². The molecule has 5 heteroatoms. The third-order valence-electron chi connectivity index (χ3n) is 3.71. The number of nitrogens with zero attached hydrogens (tertiary/aromatic N) is 1. The van der Waals surface area contributed by atoms with E-state index in [4.69, 9.17) is 0 Å². The van der Waals surface area contributed by atoms with Crippen LogP contribution in [-0.4, -0.2) is 11.0 Å². The number of benzene rings is 2. The number of rotatable bonds is 1. The van der Waals surface area contributed by atoms with E-state index in [9.17, 15) is 4.79 Å². The molecule has 0 aliphatic carbocycles. The second-order valence-corrected chi connectivity index (χ2v) is 6.38. The summed E-state index contributed by atoms with van der Waals surface area (Å²) in [7, 11) is 0. The zero-order valence-electron chi connectivity index (χ0n) is 11.4. The van der Waals surface area contributed by atoms with E-state index < -0.39 is 4.87 Å². The fraction of sp³-hybridized carbons (Fsp3) is 0.125. The highest BCUT2D eigenvalue weighted by Crippen LogP contribution is 2.48. The van der Waals surface area contributed by atoms with Crippen molar-refractivity contribution in [2.45, 2.75) is 11.8 Å². The molecule has 104 valence electrons. The minimum atomic E-state index is -0.841. The largest absolute Gasteiger partial charge is 0.323 e. The SMILES string of the molecule is Cc1ccc2c(c1)C1(NN=C(c3ccccc3)S1)C(=O)N2. The van der Waals surface area contributed by atoms with Gasteiger partial charge in [-0.25, -0.2) is 0 Å². The number of hydrogen-bond donors (Lipinski definition) is 2. The molecule has 2 aromatic carbocycles. The molecular weight excluding hydrogens is 282 g/mol. The summed E-state index contributed by atoms with van der Waals surface area (Å²) < 4.78 is 0. The summed E-state index contributed by atoms with van der Waals surface area (Å²) in [5.41, 5.74) is 7.00. The molecule has 1 spiro atoms. The lowest BCUT2D eigenvalue weighted by Gasteiger charge is -2.20. The number of hydrazone groups is 1. The van der Waals surface area contributed by atoms with Crippen molar-refractivity contribution >= 4 is 28.4 Å². The number of thioether (sulfide) groups is 1. The van der Waals surface area contributed by atoms with Crippen LogP contribution < -0.4 is 10.7 Å². The van der Waals surface area contributed by atoms with Gasteiger partial charge in [-0.1, -0.05) is 59.8 Å². The Kier molecular flexibility index (Phi) is 2.59. The molecule has 1 atom stereocenters. The number of hydrogen-bond acceptors (Lipinski definition) is 4. The van der Waals surface area contributed by atoms with Crippen LogP contribution in [0.1, 0.15) is 16.7 Å². The smallest absolute Gasteiger partial charge is 0.267 e. The van der Waals surface area contributed by atoms with E-state index in [-0.39, 0.29) is 5.91 Å². The first kappa shape index (κ1) is 12.5. The summed E-state index contributed by atoms with van der Waals surface area (Å²) in [6.45, 7) is 2.02. The molecule has 0 saturated heterocycles. The van der Waals surface area contributed by atoms with Crippen LogP contribution in [0.5, 0.6) is 0 Å². The fourth-order valence-electron chi connectivity index (χ4n) is 2.63. The molecule has 0 fully saturated rings. The Morgan fingerprint density at radius 1 is 1.14 bits per heavy atom. The standard InChI is InChI=1S/C16H13N3OS/c1-10-7-8-13-12(9-10)16(15(20)17-13)19-18-14(21-16)11-5-3-2-4-6-11/h2-9,19H,1H3,(H,17,20). The molecule has 4 rings (SSSR count). The highest BCUT2D eigenvalue weighted by molar-refractivity contribution is 8.16. The average Bonchev–Trinajstić information content (AvgIpc) is 3.06. The van der Waals surface area contributed by atoms with Gasteiger partial charge in [0.2, 0.25) is 4.87 Å². The van der Waals surface area contributed by atoms with E-state index in [0.29, 0.717) is 0 Å². The molecule has 4 nitrogen and oxygen atoms in total. The number of anilines is 1. The maximum Gasteiger partial charge on any atom is 0.267 e. The van der Waals surface area contributed by atoms with Crippen molar-refractivity contribution in [1.29, 1.82) is 0 Å². The van der Waals surface area contributed by atoms with Gasteiger partial charge in [0.05, 0.1) is 0 Å². The van der Waals surface area contributed by atoms with E-state index >= 15 is 0 Å². The van der Waals surface area contributed by atoms with Gasteiger partial charge in [0.15, 0.2) is 0 Å². The topological polar surface area (TPSA) is 53.5 Å². The highest BCUT2D eigenvalue weighted by atomic mass is 32.2. The quantitative estimate of drug-likeness (QED) is 0.850. The zero-order valence-corrected chi connectivity index (χ0v) is 12.2. The first-order valence-electron chi connectivity index (χ1n) is 6.71. The second kappa shape index (κ2) is 4.36. The van der Waals surface area contributed by atoms with Gasteiger partial charge in [0.25, 0.3) is 5.91 Å². The van der Waals surface area contributed by atoms with E-state index in [2.05, 4.69) is 15.8 Å². The second-order valence-electron chi connectivity index (χ2n) is 5.18. The highest BCUT2D eigenvalue weighted by Gasteiger charge is 2.51. The number of carbonyl (C=O) groups is 1. The molecule has 1 amide bonds. The Bertz CT molecular complexity index is 772. The molecule has 2 aromatic rings. The normalized spacial score (nSPS) is 22.7. The van der Waals surface area contributed by atoms with Crippen LogP contribution in [0.15, 0.2) is 53.6 Å². The minimum absolute atomic E-state index is 0.0669. The average molecular weight is 295 g/mol. The fourth-order valence-corrected chi connectivity index (χ4v) is 3.78. The van der Waals surface area contributed by atoms with Crippen LogP contribution in [0.2, 0.25) is 0 Å². The maximum absolute atomic E-state index is 12.5. The van der Waals surface area contributed by atoms with Crippen LogP contribution in [0, 0.1) is 6.92 Å². The molecule has 0 radical (unpaired) electrons. The van der Waals surface area contributed by atoms with Crippen molar-refractivity contribution in [3.63, 3.8) is 0 Å². The number of fused-ring (bicyclic) bond motifs is 2. The molecular formula is C16H13N3OS. The Hall–Kier alpha value is -2.27. The van der Waals surface area contributed by atoms with Gasteiger partial charge in [-0.3, -0.25) is 10.2 Å². The summed E-state index contributed by atoms with van der Waals surface area (Å²) in [6, 6.07) is 15.9. The van der Waals surface area contributed by atoms with Crippen LogP contribution >= 0.6 is 11.8 Å². The van der Waals surface area contributed by atoms with Gasteiger partial charge < -0.3 is 5.32 Å². The summed E-state index contributed by atoms with van der Waals surface area (Å²) in [4.78, 5) is 11.6. The number of nitrogens with one attached hydrogen (secondary N) is 2. The summed E-state index contributed by atoms with van der Waals surface area (Å²) in [5.74, 6) is -0.0669. The van der Waals surface area contributed by atoms with E-state index in [1.54, 1.807) is 0 Å². The maximum atomic E-state index is 12.5. The van der Waals surface area contributed by atoms with Gasteiger partial charge in [-0.15, -0.1) is 0 Å². The molecule has 0 aromatic heterocycles. The predicted molar refractivity (Wildman–Crippen MR) is 85.2 cm³/mol. The van der Waals surface area contributed by atoms with Gasteiger partial charge >= 0.3 is 0 Å². The zero-order chi connectivity index (χ0) is 14.4. The molecule has 0 saturated carbocycles. The van der Waals surface area contributed by atoms with Gasteiger partial charge in [0.1, 0.15) is 5.04 Å². The number of carbonyl (C=O) groups excluding carboxylic acids is 1. The van der Waals surface area contributed by atoms with Gasteiger partial charge in [0, 0.05) is 16.8 Å². The Morgan fingerprint density at radius 3 is 2.76 bits per heavy atom. The minimum Gasteiger partial charge on any atom is -0.323 e. The lowest BCUT2D eigenvalue weighted by molar-refractivity contribution is -0.118. The molecule has 2 aliphatic rings. The van der Waals surface area contributed by atoms with Crippen LogP contribution in [0.3, 0.4) is 0 Å². The number of amides is 1. The molecule has 21 heavy (non-hydrogen) atoms. The lowest BCUT2D eigenvalue weighted by atomic mass is 10.1. The van der Waals surface area contributed by atoms with Crippen molar-refractivity contribution < 1.29 is 4.79 Å². The third-order valence-corrected chi connectivity index (χ3v) is 5.03.